The van der Waals surface area contributed by atoms with Crippen molar-refractivity contribution < 1.29 is 18.8 Å². The quantitative estimate of drug-likeness (QED) is 0.372. The number of hydrogen-bond donors (Lipinski definition) is 2. The Kier molecular flexibility index (Phi) is 6.06. The van der Waals surface area contributed by atoms with Crippen LogP contribution >= 0.6 is 15.9 Å². The molecule has 2 aliphatic rings. The standard InChI is InChI=1S/C25H21BrFN5O3/c26-22-18(27)11-19(28)21(31-22)23(33)30-20-12-29-9-8-15(20)13-4-3-5-14(10-13)32-24(34)16-6-1-2-7-17(16)25(32)35/h1-2,6-9,11-14H,3-5,10,28H2,(H,30,33). The zero-order valence-corrected chi connectivity index (χ0v) is 20.1. The second-order valence-corrected chi connectivity index (χ2v) is 9.41. The molecule has 178 valence electrons. The van der Waals surface area contributed by atoms with Gasteiger partial charge in [-0.25, -0.2) is 9.37 Å². The lowest BCUT2D eigenvalue weighted by Crippen LogP contribution is -2.42. The number of carbonyl (C=O) groups excluding carboxylic acids is 3. The summed E-state index contributed by atoms with van der Waals surface area (Å²) in [6.45, 7) is 0. The monoisotopic (exact) mass is 537 g/mol. The summed E-state index contributed by atoms with van der Waals surface area (Å²) in [6, 6.07) is 9.48. The largest absolute Gasteiger partial charge is 0.397 e. The molecule has 3 N–H and O–H groups in total. The number of nitrogens with two attached hydrogens (primary N) is 1. The number of aromatic nitrogens is 2. The first-order chi connectivity index (χ1) is 16.8. The topological polar surface area (TPSA) is 118 Å². The van der Waals surface area contributed by atoms with Gasteiger partial charge in [-0.05, 0) is 64.9 Å². The number of rotatable bonds is 4. The van der Waals surface area contributed by atoms with Crippen LogP contribution in [0.25, 0.3) is 0 Å². The van der Waals surface area contributed by atoms with Crippen molar-refractivity contribution in [3.05, 3.63) is 81.6 Å². The van der Waals surface area contributed by atoms with E-state index in [9.17, 15) is 18.8 Å². The Hall–Kier alpha value is -3.66. The van der Waals surface area contributed by atoms with Crippen LogP contribution in [0, 0.1) is 5.82 Å². The molecule has 8 nitrogen and oxygen atoms in total. The molecule has 3 aromatic rings. The summed E-state index contributed by atoms with van der Waals surface area (Å²) in [5.41, 5.74) is 7.81. The van der Waals surface area contributed by atoms with Crippen LogP contribution < -0.4 is 11.1 Å². The van der Waals surface area contributed by atoms with Crippen molar-refractivity contribution in [2.45, 2.75) is 37.6 Å². The Morgan fingerprint density at radius 1 is 1.14 bits per heavy atom. The number of carbonyl (C=O) groups is 3. The van der Waals surface area contributed by atoms with Gasteiger partial charge < -0.3 is 11.1 Å². The Balaban J connectivity index is 1.38. The van der Waals surface area contributed by atoms with Crippen LogP contribution in [0.4, 0.5) is 15.8 Å². The van der Waals surface area contributed by atoms with Gasteiger partial charge in [-0.1, -0.05) is 18.6 Å². The molecule has 2 unspecified atom stereocenters. The van der Waals surface area contributed by atoms with Crippen molar-refractivity contribution in [1.82, 2.24) is 14.9 Å². The van der Waals surface area contributed by atoms with E-state index in [4.69, 9.17) is 5.73 Å². The van der Waals surface area contributed by atoms with Gasteiger partial charge in [0.25, 0.3) is 17.7 Å². The lowest BCUT2D eigenvalue weighted by Gasteiger charge is -2.35. The number of nitrogen functional groups attached to an aromatic ring is 1. The average Bonchev–Trinajstić information content (AvgIpc) is 3.11. The highest BCUT2D eigenvalue weighted by molar-refractivity contribution is 9.10. The molecule has 2 atom stereocenters. The lowest BCUT2D eigenvalue weighted by molar-refractivity contribution is 0.0539. The molecule has 10 heteroatoms. The molecule has 1 aromatic carbocycles. The van der Waals surface area contributed by atoms with Gasteiger partial charge in [-0.3, -0.25) is 24.3 Å². The minimum absolute atomic E-state index is 0.0124. The predicted molar refractivity (Wildman–Crippen MR) is 130 cm³/mol. The van der Waals surface area contributed by atoms with Crippen LogP contribution in [-0.2, 0) is 0 Å². The number of amides is 3. The van der Waals surface area contributed by atoms with Gasteiger partial charge in [0.05, 0.1) is 28.7 Å². The van der Waals surface area contributed by atoms with E-state index in [-0.39, 0.29) is 39.8 Å². The van der Waals surface area contributed by atoms with Gasteiger partial charge in [-0.15, -0.1) is 0 Å². The number of nitrogens with one attached hydrogen (secondary N) is 1. The average molecular weight is 538 g/mol. The van der Waals surface area contributed by atoms with E-state index in [1.807, 2.05) is 6.07 Å². The van der Waals surface area contributed by atoms with E-state index >= 15 is 0 Å². The SMILES string of the molecule is Nc1cc(F)c(Br)nc1C(=O)Nc1cnccc1C1CCCC(N2C(=O)c3ccccc3C2=O)C1. The number of halogens is 2. The highest BCUT2D eigenvalue weighted by Gasteiger charge is 2.41. The fraction of sp³-hybridized carbons (Fsp3) is 0.240. The van der Waals surface area contributed by atoms with Crippen molar-refractivity contribution in [1.29, 1.82) is 0 Å². The molecule has 0 spiro atoms. The van der Waals surface area contributed by atoms with E-state index in [1.165, 1.54) is 11.1 Å². The van der Waals surface area contributed by atoms with Crippen molar-refractivity contribution >= 4 is 45.0 Å². The molecule has 1 aliphatic carbocycles. The molecular weight excluding hydrogens is 517 g/mol. The molecule has 3 heterocycles. The molecule has 0 bridgehead atoms. The van der Waals surface area contributed by atoms with E-state index < -0.39 is 11.7 Å². The molecule has 2 aromatic heterocycles. The third-order valence-corrected chi connectivity index (χ3v) is 7.11. The van der Waals surface area contributed by atoms with Gasteiger partial charge in [0.1, 0.15) is 4.60 Å². The van der Waals surface area contributed by atoms with E-state index in [2.05, 4.69) is 31.2 Å². The molecule has 5 rings (SSSR count). The third-order valence-electron chi connectivity index (χ3n) is 6.56. The molecule has 1 saturated carbocycles. The predicted octanol–water partition coefficient (Wildman–Crippen LogP) is 4.54. The zero-order valence-electron chi connectivity index (χ0n) is 18.5. The van der Waals surface area contributed by atoms with Gasteiger partial charge in [0.15, 0.2) is 11.5 Å². The highest BCUT2D eigenvalue weighted by Crippen LogP contribution is 2.40. The van der Waals surface area contributed by atoms with Crippen molar-refractivity contribution in [3.8, 4) is 0 Å². The number of imide groups is 1. The molecule has 0 radical (unpaired) electrons. The maximum atomic E-state index is 13.7. The minimum Gasteiger partial charge on any atom is -0.397 e. The van der Waals surface area contributed by atoms with Crippen LogP contribution in [0.15, 0.2) is 53.4 Å². The lowest BCUT2D eigenvalue weighted by atomic mass is 9.80. The first-order valence-corrected chi connectivity index (χ1v) is 12.0. The zero-order chi connectivity index (χ0) is 24.7. The summed E-state index contributed by atoms with van der Waals surface area (Å²) in [5, 5.41) is 2.79. The van der Waals surface area contributed by atoms with Crippen LogP contribution in [0.3, 0.4) is 0 Å². The summed E-state index contributed by atoms with van der Waals surface area (Å²) in [5.74, 6) is -1.79. The fourth-order valence-corrected chi connectivity index (χ4v) is 5.22. The van der Waals surface area contributed by atoms with Gasteiger partial charge in [-0.2, -0.15) is 0 Å². The number of pyridine rings is 2. The normalized spacial score (nSPS) is 19.5. The number of benzene rings is 1. The van der Waals surface area contributed by atoms with Crippen LogP contribution in [0.1, 0.15) is 68.4 Å². The number of anilines is 2. The Bertz CT molecular complexity index is 1330. The van der Waals surface area contributed by atoms with Crippen molar-refractivity contribution in [3.63, 3.8) is 0 Å². The maximum absolute atomic E-state index is 13.7. The van der Waals surface area contributed by atoms with Gasteiger partial charge in [0, 0.05) is 18.3 Å². The summed E-state index contributed by atoms with van der Waals surface area (Å²) in [4.78, 5) is 48.3. The first-order valence-electron chi connectivity index (χ1n) is 11.2. The van der Waals surface area contributed by atoms with Gasteiger partial charge >= 0.3 is 0 Å². The highest BCUT2D eigenvalue weighted by atomic mass is 79.9. The first kappa shape index (κ1) is 23.1. The molecule has 1 fully saturated rings. The number of nitrogens with zero attached hydrogens (tertiary/aromatic N) is 3. The summed E-state index contributed by atoms with van der Waals surface area (Å²) in [7, 11) is 0. The van der Waals surface area contributed by atoms with Crippen LogP contribution in [0.2, 0.25) is 0 Å². The Labute approximate surface area is 208 Å². The molecule has 1 aliphatic heterocycles. The third kappa shape index (κ3) is 4.18. The van der Waals surface area contributed by atoms with E-state index in [0.717, 1.165) is 30.9 Å². The Morgan fingerprint density at radius 2 is 1.86 bits per heavy atom. The van der Waals surface area contributed by atoms with Crippen molar-refractivity contribution in [2.24, 2.45) is 0 Å². The fourth-order valence-electron chi connectivity index (χ4n) is 4.93. The molecule has 0 saturated heterocycles. The van der Waals surface area contributed by atoms with Crippen molar-refractivity contribution in [2.75, 3.05) is 11.1 Å². The second-order valence-electron chi connectivity index (χ2n) is 8.66. The van der Waals surface area contributed by atoms with Crippen LogP contribution in [0.5, 0.6) is 0 Å². The molecule has 35 heavy (non-hydrogen) atoms. The molecular formula is C25H21BrFN5O3. The summed E-state index contributed by atoms with van der Waals surface area (Å²) in [6.07, 6.45) is 6.11. The molecule has 3 amide bonds. The maximum Gasteiger partial charge on any atom is 0.276 e. The minimum atomic E-state index is -0.664. The van der Waals surface area contributed by atoms with E-state index in [0.29, 0.717) is 23.2 Å². The summed E-state index contributed by atoms with van der Waals surface area (Å²) >= 11 is 2.98. The summed E-state index contributed by atoms with van der Waals surface area (Å²) < 4.78 is 13.6. The smallest absolute Gasteiger partial charge is 0.276 e. The number of fused-ring (bicyclic) bond motifs is 1. The second kappa shape index (κ2) is 9.18. The van der Waals surface area contributed by atoms with E-state index in [1.54, 1.807) is 30.5 Å². The number of hydrogen-bond acceptors (Lipinski definition) is 6. The van der Waals surface area contributed by atoms with Gasteiger partial charge in [0.2, 0.25) is 0 Å². The Morgan fingerprint density at radius 3 is 2.57 bits per heavy atom. The van der Waals surface area contributed by atoms with Crippen LogP contribution in [-0.4, -0.2) is 38.6 Å².